The van der Waals surface area contributed by atoms with E-state index < -0.39 is 11.7 Å². The van der Waals surface area contributed by atoms with Gasteiger partial charge >= 0.3 is 6.18 Å². The number of halogens is 4. The summed E-state index contributed by atoms with van der Waals surface area (Å²) in [6, 6.07) is 12.1. The maximum Gasteiger partial charge on any atom is 0.416 e. The lowest BCUT2D eigenvalue weighted by atomic mass is 10.0. The van der Waals surface area contributed by atoms with Crippen LogP contribution in [0.2, 0.25) is 5.02 Å². The van der Waals surface area contributed by atoms with Gasteiger partial charge in [-0.25, -0.2) is 0 Å². The Balaban J connectivity index is 2.15. The number of ether oxygens (including phenoxy) is 1. The largest absolute Gasteiger partial charge is 0.486 e. The van der Waals surface area contributed by atoms with E-state index in [2.05, 4.69) is 5.32 Å². The second kappa shape index (κ2) is 8.40. The van der Waals surface area contributed by atoms with Crippen molar-refractivity contribution >= 4 is 11.6 Å². The molecular weight excluding hydrogens is 339 g/mol. The molecule has 1 unspecified atom stereocenters. The number of benzene rings is 2. The van der Waals surface area contributed by atoms with Gasteiger partial charge in [-0.3, -0.25) is 0 Å². The fourth-order valence-corrected chi connectivity index (χ4v) is 2.55. The van der Waals surface area contributed by atoms with Gasteiger partial charge in [-0.05, 0) is 68.4 Å². The van der Waals surface area contributed by atoms with Crippen molar-refractivity contribution in [1.82, 2.24) is 5.32 Å². The van der Waals surface area contributed by atoms with Gasteiger partial charge in [0, 0.05) is 5.02 Å². The van der Waals surface area contributed by atoms with Crippen molar-refractivity contribution < 1.29 is 17.9 Å². The standard InChI is InChI=1S/C18H19ClF3NO/c1-23-11-3-6-17(13-4-2-5-15(19)12-13)24-16-9-7-14(8-10-16)18(20,21)22/h2,4-5,7-10,12,17,23H,3,6,11H2,1H3. The van der Waals surface area contributed by atoms with Gasteiger partial charge in [0.15, 0.2) is 0 Å². The third-order valence-corrected chi connectivity index (χ3v) is 3.81. The van der Waals surface area contributed by atoms with Gasteiger partial charge in [0.25, 0.3) is 0 Å². The predicted octanol–water partition coefficient (Wildman–Crippen LogP) is 5.48. The Morgan fingerprint density at radius 2 is 1.83 bits per heavy atom. The molecule has 1 atom stereocenters. The zero-order valence-corrected chi connectivity index (χ0v) is 14.0. The average Bonchev–Trinajstić information content (AvgIpc) is 2.54. The van der Waals surface area contributed by atoms with Gasteiger partial charge in [-0.15, -0.1) is 0 Å². The SMILES string of the molecule is CNCCCC(Oc1ccc(C(F)(F)F)cc1)c1cccc(Cl)c1. The summed E-state index contributed by atoms with van der Waals surface area (Å²) in [5.41, 5.74) is 0.211. The minimum atomic E-state index is -4.35. The normalized spacial score (nSPS) is 12.9. The molecule has 0 aliphatic heterocycles. The lowest BCUT2D eigenvalue weighted by Gasteiger charge is -2.20. The van der Waals surface area contributed by atoms with Crippen LogP contribution in [0.1, 0.15) is 30.1 Å². The summed E-state index contributed by atoms with van der Waals surface area (Å²) >= 11 is 6.03. The van der Waals surface area contributed by atoms with Crippen LogP contribution in [0.3, 0.4) is 0 Å². The number of alkyl halides is 3. The Labute approximate surface area is 144 Å². The van der Waals surface area contributed by atoms with Crippen molar-refractivity contribution in [1.29, 1.82) is 0 Å². The molecule has 0 saturated carbocycles. The fourth-order valence-electron chi connectivity index (χ4n) is 2.35. The van der Waals surface area contributed by atoms with Crippen molar-refractivity contribution in [2.45, 2.75) is 25.1 Å². The molecule has 0 radical (unpaired) electrons. The molecule has 0 aliphatic carbocycles. The topological polar surface area (TPSA) is 21.3 Å². The molecule has 6 heteroatoms. The highest BCUT2D eigenvalue weighted by Crippen LogP contribution is 2.32. The summed E-state index contributed by atoms with van der Waals surface area (Å²) in [6.45, 7) is 0.827. The van der Waals surface area contributed by atoms with Gasteiger partial charge in [-0.2, -0.15) is 13.2 Å². The first kappa shape index (κ1) is 18.6. The first-order valence-corrected chi connectivity index (χ1v) is 8.02. The molecule has 0 bridgehead atoms. The van der Waals surface area contributed by atoms with Crippen LogP contribution in [0.4, 0.5) is 13.2 Å². The minimum Gasteiger partial charge on any atom is -0.486 e. The lowest BCUT2D eigenvalue weighted by molar-refractivity contribution is -0.137. The first-order chi connectivity index (χ1) is 11.4. The molecule has 0 aliphatic rings. The molecule has 0 fully saturated rings. The van der Waals surface area contributed by atoms with Crippen LogP contribution in [-0.4, -0.2) is 13.6 Å². The monoisotopic (exact) mass is 357 g/mol. The molecular formula is C18H19ClF3NO. The molecule has 2 aromatic carbocycles. The average molecular weight is 358 g/mol. The smallest absolute Gasteiger partial charge is 0.416 e. The number of hydrogen-bond acceptors (Lipinski definition) is 2. The van der Waals surface area contributed by atoms with E-state index >= 15 is 0 Å². The van der Waals surface area contributed by atoms with E-state index in [1.54, 1.807) is 6.07 Å². The second-order valence-corrected chi connectivity index (χ2v) is 5.87. The zero-order valence-electron chi connectivity index (χ0n) is 13.2. The van der Waals surface area contributed by atoms with Crippen LogP contribution in [0.5, 0.6) is 5.75 Å². The summed E-state index contributed by atoms with van der Waals surface area (Å²) in [7, 11) is 1.87. The number of rotatable bonds is 7. The maximum absolute atomic E-state index is 12.6. The van der Waals surface area contributed by atoms with E-state index in [0.29, 0.717) is 10.8 Å². The van der Waals surface area contributed by atoms with Crippen LogP contribution >= 0.6 is 11.6 Å². The minimum absolute atomic E-state index is 0.270. The molecule has 2 aromatic rings. The summed E-state index contributed by atoms with van der Waals surface area (Å²) < 4.78 is 43.8. The number of nitrogens with one attached hydrogen (secondary N) is 1. The third-order valence-electron chi connectivity index (χ3n) is 3.57. The molecule has 0 amide bonds. The van der Waals surface area contributed by atoms with Crippen molar-refractivity contribution in [3.8, 4) is 5.75 Å². The Morgan fingerprint density at radius 3 is 2.42 bits per heavy atom. The Bertz CT molecular complexity index is 643. The summed E-state index contributed by atoms with van der Waals surface area (Å²) in [6.07, 6.45) is -3.03. The zero-order chi connectivity index (χ0) is 17.6. The van der Waals surface area contributed by atoms with Gasteiger partial charge in [0.2, 0.25) is 0 Å². The van der Waals surface area contributed by atoms with Crippen LogP contribution in [0, 0.1) is 0 Å². The van der Waals surface area contributed by atoms with Crippen molar-refractivity contribution in [3.63, 3.8) is 0 Å². The van der Waals surface area contributed by atoms with Gasteiger partial charge < -0.3 is 10.1 Å². The van der Waals surface area contributed by atoms with Crippen LogP contribution < -0.4 is 10.1 Å². The van der Waals surface area contributed by atoms with Crippen LogP contribution in [0.25, 0.3) is 0 Å². The maximum atomic E-state index is 12.6. The van der Waals surface area contributed by atoms with Crippen molar-refractivity contribution in [2.75, 3.05) is 13.6 Å². The second-order valence-electron chi connectivity index (χ2n) is 5.43. The molecule has 0 spiro atoms. The first-order valence-electron chi connectivity index (χ1n) is 7.64. The molecule has 2 nitrogen and oxygen atoms in total. The molecule has 0 aromatic heterocycles. The Hall–Kier alpha value is -1.72. The molecule has 1 N–H and O–H groups in total. The summed E-state index contributed by atoms with van der Waals surface area (Å²) in [5.74, 6) is 0.400. The van der Waals surface area contributed by atoms with Crippen molar-refractivity contribution in [3.05, 3.63) is 64.7 Å². The molecule has 2 rings (SSSR count). The molecule has 0 saturated heterocycles. The van der Waals surface area contributed by atoms with Crippen LogP contribution in [-0.2, 0) is 6.18 Å². The summed E-state index contributed by atoms with van der Waals surface area (Å²) in [4.78, 5) is 0. The van der Waals surface area contributed by atoms with Crippen LogP contribution in [0.15, 0.2) is 48.5 Å². The highest BCUT2D eigenvalue weighted by molar-refractivity contribution is 6.30. The highest BCUT2D eigenvalue weighted by Gasteiger charge is 2.30. The van der Waals surface area contributed by atoms with E-state index in [0.717, 1.165) is 37.1 Å². The molecule has 24 heavy (non-hydrogen) atoms. The highest BCUT2D eigenvalue weighted by atomic mass is 35.5. The molecule has 130 valence electrons. The quantitative estimate of drug-likeness (QED) is 0.662. The predicted molar refractivity (Wildman–Crippen MR) is 89.4 cm³/mol. The summed E-state index contributed by atoms with van der Waals surface area (Å²) in [5, 5.41) is 3.67. The van der Waals surface area contributed by atoms with E-state index in [1.807, 2.05) is 25.2 Å². The van der Waals surface area contributed by atoms with Gasteiger partial charge in [-0.1, -0.05) is 23.7 Å². The van der Waals surface area contributed by atoms with E-state index in [-0.39, 0.29) is 6.10 Å². The molecule has 0 heterocycles. The Morgan fingerprint density at radius 1 is 1.12 bits per heavy atom. The Kier molecular flexibility index (Phi) is 6.52. The van der Waals surface area contributed by atoms with Gasteiger partial charge in [0.1, 0.15) is 11.9 Å². The third kappa shape index (κ3) is 5.42. The van der Waals surface area contributed by atoms with Crippen molar-refractivity contribution in [2.24, 2.45) is 0 Å². The van der Waals surface area contributed by atoms with E-state index in [1.165, 1.54) is 12.1 Å². The lowest BCUT2D eigenvalue weighted by Crippen LogP contribution is -2.13. The van der Waals surface area contributed by atoms with Gasteiger partial charge in [0.05, 0.1) is 5.56 Å². The van der Waals surface area contributed by atoms with E-state index in [4.69, 9.17) is 16.3 Å². The number of hydrogen-bond donors (Lipinski definition) is 1. The fraction of sp³-hybridized carbons (Fsp3) is 0.333. The van der Waals surface area contributed by atoms with E-state index in [9.17, 15) is 13.2 Å².